The van der Waals surface area contributed by atoms with Crippen LogP contribution in [-0.2, 0) is 16.3 Å². The first-order chi connectivity index (χ1) is 11.3. The molecular weight excluding hydrogens is 402 g/mol. The van der Waals surface area contributed by atoms with Crippen LogP contribution in [0.4, 0.5) is 8.78 Å². The molecule has 0 bridgehead atoms. The van der Waals surface area contributed by atoms with Gasteiger partial charge in [0.2, 0.25) is 0 Å². The SMILES string of the molecule is CCS(=O)(=O)c1ccc(Cc2nc3c(F)c(Br)c(F)cc3[nH]2)cc1. The fraction of sp³-hybridized carbons (Fsp3) is 0.188. The number of aromatic amines is 1. The number of rotatable bonds is 4. The quantitative estimate of drug-likeness (QED) is 0.656. The predicted octanol–water partition coefficient (Wildman–Crippen LogP) is 3.99. The normalized spacial score (nSPS) is 12.0. The minimum absolute atomic E-state index is 0.0373. The third-order valence-corrected chi connectivity index (χ3v) is 6.17. The molecule has 3 aromatic rings. The third kappa shape index (κ3) is 3.08. The van der Waals surface area contributed by atoms with E-state index >= 15 is 0 Å². The van der Waals surface area contributed by atoms with Crippen molar-refractivity contribution in [3.8, 4) is 0 Å². The lowest BCUT2D eigenvalue weighted by Gasteiger charge is -2.03. The third-order valence-electron chi connectivity index (χ3n) is 3.70. The minimum Gasteiger partial charge on any atom is -0.342 e. The monoisotopic (exact) mass is 414 g/mol. The number of benzene rings is 2. The summed E-state index contributed by atoms with van der Waals surface area (Å²) in [5, 5.41) is 0. The van der Waals surface area contributed by atoms with Gasteiger partial charge in [0.15, 0.2) is 15.7 Å². The summed E-state index contributed by atoms with van der Waals surface area (Å²) in [6.07, 6.45) is 0.347. The van der Waals surface area contributed by atoms with Crippen molar-refractivity contribution in [2.24, 2.45) is 0 Å². The molecule has 0 fully saturated rings. The molecule has 0 spiro atoms. The average molecular weight is 415 g/mol. The van der Waals surface area contributed by atoms with Crippen LogP contribution in [-0.4, -0.2) is 24.1 Å². The van der Waals surface area contributed by atoms with Crippen molar-refractivity contribution < 1.29 is 17.2 Å². The van der Waals surface area contributed by atoms with E-state index < -0.39 is 21.5 Å². The van der Waals surface area contributed by atoms with E-state index in [9.17, 15) is 17.2 Å². The van der Waals surface area contributed by atoms with E-state index in [0.717, 1.165) is 5.56 Å². The van der Waals surface area contributed by atoms with Crippen LogP contribution in [0.3, 0.4) is 0 Å². The van der Waals surface area contributed by atoms with Crippen LogP contribution in [0, 0.1) is 11.6 Å². The number of fused-ring (bicyclic) bond motifs is 1. The van der Waals surface area contributed by atoms with E-state index in [2.05, 4.69) is 25.9 Å². The molecule has 0 amide bonds. The van der Waals surface area contributed by atoms with Gasteiger partial charge in [-0.25, -0.2) is 22.2 Å². The molecule has 8 heteroatoms. The molecule has 0 atom stereocenters. The van der Waals surface area contributed by atoms with Crippen LogP contribution in [0.1, 0.15) is 18.3 Å². The zero-order valence-corrected chi connectivity index (χ0v) is 15.0. The molecule has 2 aromatic carbocycles. The summed E-state index contributed by atoms with van der Waals surface area (Å²) in [5.41, 5.74) is 1.14. The van der Waals surface area contributed by atoms with Gasteiger partial charge in [0.25, 0.3) is 0 Å². The Morgan fingerprint density at radius 2 is 1.88 bits per heavy atom. The number of halogens is 3. The zero-order chi connectivity index (χ0) is 17.5. The van der Waals surface area contributed by atoms with Gasteiger partial charge in [-0.15, -0.1) is 0 Å². The number of nitrogens with one attached hydrogen (secondary N) is 1. The van der Waals surface area contributed by atoms with E-state index in [0.29, 0.717) is 12.2 Å². The number of H-pyrrole nitrogens is 1. The topological polar surface area (TPSA) is 62.8 Å². The second kappa shape index (κ2) is 6.25. The van der Waals surface area contributed by atoms with Crippen molar-refractivity contribution in [1.82, 2.24) is 9.97 Å². The maximum Gasteiger partial charge on any atom is 0.178 e. The van der Waals surface area contributed by atoms with Crippen molar-refractivity contribution >= 4 is 36.8 Å². The molecule has 24 heavy (non-hydrogen) atoms. The molecule has 1 N–H and O–H groups in total. The van der Waals surface area contributed by atoms with Gasteiger partial charge in [-0.1, -0.05) is 19.1 Å². The highest BCUT2D eigenvalue weighted by atomic mass is 79.9. The van der Waals surface area contributed by atoms with Gasteiger partial charge in [0.1, 0.15) is 17.2 Å². The van der Waals surface area contributed by atoms with Gasteiger partial charge < -0.3 is 4.98 Å². The lowest BCUT2D eigenvalue weighted by molar-refractivity contribution is 0.579. The molecule has 0 aliphatic rings. The van der Waals surface area contributed by atoms with Gasteiger partial charge in [-0.05, 0) is 33.6 Å². The number of imidazole rings is 1. The molecule has 0 saturated heterocycles. The molecule has 4 nitrogen and oxygen atoms in total. The average Bonchev–Trinajstić information content (AvgIpc) is 2.95. The first kappa shape index (κ1) is 17.0. The molecule has 0 aliphatic carbocycles. The summed E-state index contributed by atoms with van der Waals surface area (Å²) in [6.45, 7) is 1.59. The summed E-state index contributed by atoms with van der Waals surface area (Å²) in [6, 6.07) is 7.61. The van der Waals surface area contributed by atoms with Crippen LogP contribution in [0.25, 0.3) is 11.0 Å². The lowest BCUT2D eigenvalue weighted by Crippen LogP contribution is -2.03. The van der Waals surface area contributed by atoms with Gasteiger partial charge in [0, 0.05) is 12.5 Å². The molecule has 0 radical (unpaired) electrons. The van der Waals surface area contributed by atoms with E-state index in [1.54, 1.807) is 19.1 Å². The Bertz CT molecular complexity index is 1010. The number of nitrogens with zero attached hydrogens (tertiary/aromatic N) is 1. The largest absolute Gasteiger partial charge is 0.342 e. The van der Waals surface area contributed by atoms with Gasteiger partial charge in [0.05, 0.1) is 20.6 Å². The molecule has 1 aromatic heterocycles. The molecule has 0 saturated carbocycles. The highest BCUT2D eigenvalue weighted by molar-refractivity contribution is 9.10. The Labute approximate surface area is 146 Å². The molecular formula is C16H13BrF2N2O2S. The van der Waals surface area contributed by atoms with E-state index in [-0.39, 0.29) is 26.2 Å². The van der Waals surface area contributed by atoms with Gasteiger partial charge in [-0.3, -0.25) is 0 Å². The Balaban J connectivity index is 1.92. The lowest BCUT2D eigenvalue weighted by atomic mass is 10.1. The number of sulfone groups is 1. The summed E-state index contributed by atoms with van der Waals surface area (Å²) in [4.78, 5) is 7.29. The van der Waals surface area contributed by atoms with Crippen LogP contribution >= 0.6 is 15.9 Å². The zero-order valence-electron chi connectivity index (χ0n) is 12.6. The molecule has 0 aliphatic heterocycles. The molecule has 3 rings (SSSR count). The number of hydrogen-bond acceptors (Lipinski definition) is 3. The second-order valence-electron chi connectivity index (χ2n) is 5.29. The minimum atomic E-state index is -3.24. The van der Waals surface area contributed by atoms with Crippen molar-refractivity contribution in [2.75, 3.05) is 5.75 Å². The number of aromatic nitrogens is 2. The van der Waals surface area contributed by atoms with E-state index in [1.807, 2.05) is 0 Å². The van der Waals surface area contributed by atoms with Crippen molar-refractivity contribution in [3.63, 3.8) is 0 Å². The highest BCUT2D eigenvalue weighted by Gasteiger charge is 2.16. The van der Waals surface area contributed by atoms with E-state index in [1.165, 1.54) is 18.2 Å². The Morgan fingerprint density at radius 3 is 2.50 bits per heavy atom. The van der Waals surface area contributed by atoms with Crippen molar-refractivity contribution in [1.29, 1.82) is 0 Å². The van der Waals surface area contributed by atoms with Crippen LogP contribution in [0.2, 0.25) is 0 Å². The summed E-state index contributed by atoms with van der Waals surface area (Å²) >= 11 is 2.85. The van der Waals surface area contributed by atoms with Crippen LogP contribution in [0.15, 0.2) is 39.7 Å². The van der Waals surface area contributed by atoms with Gasteiger partial charge in [-0.2, -0.15) is 0 Å². The Morgan fingerprint density at radius 1 is 1.21 bits per heavy atom. The molecule has 0 unspecified atom stereocenters. The predicted molar refractivity (Wildman–Crippen MR) is 90.7 cm³/mol. The number of hydrogen-bond donors (Lipinski definition) is 1. The first-order valence-electron chi connectivity index (χ1n) is 7.15. The van der Waals surface area contributed by atoms with Crippen molar-refractivity contribution in [2.45, 2.75) is 18.2 Å². The maximum absolute atomic E-state index is 14.0. The fourth-order valence-electron chi connectivity index (χ4n) is 2.37. The van der Waals surface area contributed by atoms with Crippen molar-refractivity contribution in [3.05, 3.63) is 57.8 Å². The highest BCUT2D eigenvalue weighted by Crippen LogP contribution is 2.27. The van der Waals surface area contributed by atoms with Gasteiger partial charge >= 0.3 is 0 Å². The Kier molecular flexibility index (Phi) is 4.44. The van der Waals surface area contributed by atoms with E-state index in [4.69, 9.17) is 0 Å². The smallest absolute Gasteiger partial charge is 0.178 e. The Hall–Kier alpha value is -1.80. The van der Waals surface area contributed by atoms with Crippen LogP contribution < -0.4 is 0 Å². The molecule has 126 valence electrons. The summed E-state index contributed by atoms with van der Waals surface area (Å²) in [7, 11) is -3.24. The maximum atomic E-state index is 14.0. The summed E-state index contributed by atoms with van der Waals surface area (Å²) < 4.78 is 50.9. The molecule has 1 heterocycles. The fourth-order valence-corrected chi connectivity index (χ4v) is 3.55. The summed E-state index contributed by atoms with van der Waals surface area (Å²) in [5.74, 6) is -0.955. The first-order valence-corrected chi connectivity index (χ1v) is 9.60. The van der Waals surface area contributed by atoms with Crippen LogP contribution in [0.5, 0.6) is 0 Å². The standard InChI is InChI=1S/C16H13BrF2N2O2S/c1-2-24(22,23)10-5-3-9(4-6-10)7-13-20-12-8-11(18)14(17)15(19)16(12)21-13/h3-6,8H,2,7H2,1H3,(H,20,21). The second-order valence-corrected chi connectivity index (χ2v) is 8.36.